The fourth-order valence-corrected chi connectivity index (χ4v) is 3.22. The van der Waals surface area contributed by atoms with Gasteiger partial charge in [0, 0.05) is 30.2 Å². The van der Waals surface area contributed by atoms with E-state index in [1.54, 1.807) is 32.5 Å². The van der Waals surface area contributed by atoms with Crippen LogP contribution in [0.4, 0.5) is 5.69 Å². The van der Waals surface area contributed by atoms with Crippen molar-refractivity contribution in [2.45, 2.75) is 13.5 Å². The third-order valence-electron chi connectivity index (χ3n) is 4.20. The molecule has 0 aliphatic heterocycles. The van der Waals surface area contributed by atoms with Gasteiger partial charge in [-0.3, -0.25) is 4.79 Å². The minimum Gasteiger partial charge on any atom is -0.495 e. The highest BCUT2D eigenvalue weighted by Gasteiger charge is 2.15. The minimum atomic E-state index is -0.239. The van der Waals surface area contributed by atoms with Crippen molar-refractivity contribution in [2.24, 2.45) is 0 Å². The molecule has 7 heteroatoms. The summed E-state index contributed by atoms with van der Waals surface area (Å²) in [4.78, 5) is 16.8. The van der Waals surface area contributed by atoms with E-state index in [9.17, 15) is 4.79 Å². The number of nitrogens with zero attached hydrogens (tertiary/aromatic N) is 2. The molecule has 0 radical (unpaired) electrons. The SMILES string of the molecule is COc1cc(C(=O)Nc2ccc(Cn3ccnc3C)cc2)cc(OC)c1Br. The van der Waals surface area contributed by atoms with E-state index >= 15 is 0 Å². The lowest BCUT2D eigenvalue weighted by Gasteiger charge is -2.12. The molecule has 0 saturated carbocycles. The lowest BCUT2D eigenvalue weighted by molar-refractivity contribution is 0.102. The van der Waals surface area contributed by atoms with Gasteiger partial charge in [0.2, 0.25) is 0 Å². The predicted octanol–water partition coefficient (Wildman–Crippen LogP) is 4.27. The van der Waals surface area contributed by atoms with Gasteiger partial charge in [0.15, 0.2) is 0 Å². The molecular formula is C20H20BrN3O3. The first-order valence-electron chi connectivity index (χ1n) is 8.31. The molecule has 3 rings (SSSR count). The number of methoxy groups -OCH3 is 2. The Hall–Kier alpha value is -2.80. The van der Waals surface area contributed by atoms with Crippen LogP contribution >= 0.6 is 15.9 Å². The number of aryl methyl sites for hydroxylation is 1. The van der Waals surface area contributed by atoms with Crippen molar-refractivity contribution >= 4 is 27.5 Å². The van der Waals surface area contributed by atoms with Gasteiger partial charge in [-0.1, -0.05) is 12.1 Å². The lowest BCUT2D eigenvalue weighted by Crippen LogP contribution is -2.12. The third-order valence-corrected chi connectivity index (χ3v) is 4.98. The average molecular weight is 430 g/mol. The number of carbonyl (C=O) groups excluding carboxylic acids is 1. The van der Waals surface area contributed by atoms with Gasteiger partial charge in [-0.25, -0.2) is 4.98 Å². The zero-order valence-electron chi connectivity index (χ0n) is 15.3. The van der Waals surface area contributed by atoms with Gasteiger partial charge in [-0.2, -0.15) is 0 Å². The zero-order chi connectivity index (χ0) is 19.4. The fraction of sp³-hybridized carbons (Fsp3) is 0.200. The van der Waals surface area contributed by atoms with Crippen molar-refractivity contribution in [2.75, 3.05) is 19.5 Å². The number of halogens is 1. The number of aromatic nitrogens is 2. The van der Waals surface area contributed by atoms with Crippen LogP contribution in [0.1, 0.15) is 21.7 Å². The number of anilines is 1. The number of imidazole rings is 1. The summed E-state index contributed by atoms with van der Waals surface area (Å²) in [5.41, 5.74) is 2.29. The Kier molecular flexibility index (Phi) is 5.81. The number of carbonyl (C=O) groups is 1. The van der Waals surface area contributed by atoms with Crippen molar-refractivity contribution in [3.8, 4) is 11.5 Å². The summed E-state index contributed by atoms with van der Waals surface area (Å²) in [6.07, 6.45) is 3.73. The molecule has 0 fully saturated rings. The molecule has 27 heavy (non-hydrogen) atoms. The molecule has 0 spiro atoms. The largest absolute Gasteiger partial charge is 0.495 e. The van der Waals surface area contributed by atoms with Gasteiger partial charge in [-0.15, -0.1) is 0 Å². The van der Waals surface area contributed by atoms with E-state index < -0.39 is 0 Å². The molecule has 0 atom stereocenters. The molecule has 3 aromatic rings. The maximum Gasteiger partial charge on any atom is 0.255 e. The molecule has 1 aromatic heterocycles. The maximum absolute atomic E-state index is 12.6. The smallest absolute Gasteiger partial charge is 0.255 e. The van der Waals surface area contributed by atoms with E-state index in [1.165, 1.54) is 0 Å². The number of benzene rings is 2. The van der Waals surface area contributed by atoms with Crippen LogP contribution in [0.15, 0.2) is 53.3 Å². The zero-order valence-corrected chi connectivity index (χ0v) is 16.9. The monoisotopic (exact) mass is 429 g/mol. The minimum absolute atomic E-state index is 0.239. The van der Waals surface area contributed by atoms with Crippen LogP contribution in [0.3, 0.4) is 0 Å². The van der Waals surface area contributed by atoms with E-state index in [1.807, 2.05) is 37.4 Å². The van der Waals surface area contributed by atoms with E-state index in [2.05, 4.69) is 30.8 Å². The predicted molar refractivity (Wildman–Crippen MR) is 108 cm³/mol. The molecule has 140 valence electrons. The van der Waals surface area contributed by atoms with Gasteiger partial charge < -0.3 is 19.4 Å². The summed E-state index contributed by atoms with van der Waals surface area (Å²) in [7, 11) is 3.09. The second kappa shape index (κ2) is 8.26. The summed E-state index contributed by atoms with van der Waals surface area (Å²) < 4.78 is 13.3. The van der Waals surface area contributed by atoms with Gasteiger partial charge in [-0.05, 0) is 52.7 Å². The summed E-state index contributed by atoms with van der Waals surface area (Å²) in [6.45, 7) is 2.70. The summed E-state index contributed by atoms with van der Waals surface area (Å²) in [5, 5.41) is 2.89. The highest BCUT2D eigenvalue weighted by molar-refractivity contribution is 9.10. The summed E-state index contributed by atoms with van der Waals surface area (Å²) in [5.74, 6) is 1.79. The van der Waals surface area contributed by atoms with Crippen molar-refractivity contribution in [1.82, 2.24) is 9.55 Å². The molecule has 1 N–H and O–H groups in total. The van der Waals surface area contributed by atoms with Crippen LogP contribution in [0.5, 0.6) is 11.5 Å². The number of ether oxygens (including phenoxy) is 2. The normalized spacial score (nSPS) is 10.5. The average Bonchev–Trinajstić information content (AvgIpc) is 3.08. The van der Waals surface area contributed by atoms with Crippen molar-refractivity contribution in [1.29, 1.82) is 0 Å². The maximum atomic E-state index is 12.6. The molecule has 0 unspecified atom stereocenters. The fourth-order valence-electron chi connectivity index (χ4n) is 2.66. The molecule has 0 aliphatic carbocycles. The van der Waals surface area contributed by atoms with Gasteiger partial charge in [0.25, 0.3) is 5.91 Å². The molecule has 1 amide bonds. The van der Waals surface area contributed by atoms with E-state index in [0.717, 1.165) is 17.9 Å². The molecule has 6 nitrogen and oxygen atoms in total. The number of hydrogen-bond donors (Lipinski definition) is 1. The van der Waals surface area contributed by atoms with Crippen molar-refractivity contribution < 1.29 is 14.3 Å². The molecule has 1 heterocycles. The number of rotatable bonds is 6. The summed E-state index contributed by atoms with van der Waals surface area (Å²) >= 11 is 3.40. The standard InChI is InChI=1S/C20H20BrN3O3/c1-13-22-8-9-24(13)12-14-4-6-16(7-5-14)23-20(25)15-10-17(26-2)19(21)18(11-15)27-3/h4-11H,12H2,1-3H3,(H,23,25). The first-order valence-corrected chi connectivity index (χ1v) is 9.10. The van der Waals surface area contributed by atoms with Crippen LogP contribution in [-0.2, 0) is 6.54 Å². The Morgan fingerprint density at radius 3 is 2.30 bits per heavy atom. The van der Waals surface area contributed by atoms with Crippen LogP contribution < -0.4 is 14.8 Å². The van der Waals surface area contributed by atoms with E-state index in [0.29, 0.717) is 27.2 Å². The number of nitrogens with one attached hydrogen (secondary N) is 1. The van der Waals surface area contributed by atoms with Crippen molar-refractivity contribution in [3.63, 3.8) is 0 Å². The molecule has 0 bridgehead atoms. The second-order valence-electron chi connectivity index (χ2n) is 5.95. The quantitative estimate of drug-likeness (QED) is 0.635. The molecular weight excluding hydrogens is 410 g/mol. The summed E-state index contributed by atoms with van der Waals surface area (Å²) in [6, 6.07) is 11.1. The Balaban J connectivity index is 1.73. The van der Waals surface area contributed by atoms with E-state index in [4.69, 9.17) is 9.47 Å². The highest BCUT2D eigenvalue weighted by atomic mass is 79.9. The third kappa shape index (κ3) is 4.31. The topological polar surface area (TPSA) is 65.4 Å². The Bertz CT molecular complexity index is 926. The van der Waals surface area contributed by atoms with Crippen LogP contribution in [0.25, 0.3) is 0 Å². The van der Waals surface area contributed by atoms with Crippen LogP contribution in [-0.4, -0.2) is 29.7 Å². The van der Waals surface area contributed by atoms with Gasteiger partial charge >= 0.3 is 0 Å². The van der Waals surface area contributed by atoms with Gasteiger partial charge in [0.05, 0.1) is 14.2 Å². The highest BCUT2D eigenvalue weighted by Crippen LogP contribution is 2.35. The first kappa shape index (κ1) is 19.0. The number of amides is 1. The van der Waals surface area contributed by atoms with Gasteiger partial charge in [0.1, 0.15) is 21.8 Å². The molecule has 0 saturated heterocycles. The second-order valence-corrected chi connectivity index (χ2v) is 6.74. The first-order chi connectivity index (χ1) is 13.0. The van der Waals surface area contributed by atoms with Crippen LogP contribution in [0, 0.1) is 6.92 Å². The Labute approximate surface area is 166 Å². The molecule has 0 aliphatic rings. The Morgan fingerprint density at radius 2 is 1.78 bits per heavy atom. The van der Waals surface area contributed by atoms with Crippen molar-refractivity contribution in [3.05, 3.63) is 70.2 Å². The Morgan fingerprint density at radius 1 is 1.15 bits per heavy atom. The number of hydrogen-bond acceptors (Lipinski definition) is 4. The molecule has 2 aromatic carbocycles. The lowest BCUT2D eigenvalue weighted by atomic mass is 10.1. The van der Waals surface area contributed by atoms with Crippen LogP contribution in [0.2, 0.25) is 0 Å². The van der Waals surface area contributed by atoms with E-state index in [-0.39, 0.29) is 5.91 Å².